The highest BCUT2D eigenvalue weighted by atomic mass is 32.2. The van der Waals surface area contributed by atoms with E-state index in [1.54, 1.807) is 24.3 Å². The summed E-state index contributed by atoms with van der Waals surface area (Å²) in [6.07, 6.45) is 0. The van der Waals surface area contributed by atoms with Crippen LogP contribution in [0.5, 0.6) is 0 Å². The summed E-state index contributed by atoms with van der Waals surface area (Å²) in [5.74, 6) is 0.541. The van der Waals surface area contributed by atoms with E-state index in [1.165, 1.54) is 10.1 Å². The SMILES string of the molecule is Cc1ccc(S(=O)(=O)c2nnn3c2nc(Nc2ccc(C)c(C)c2)c2ccccc23)cc1. The van der Waals surface area contributed by atoms with Gasteiger partial charge in [0.25, 0.3) is 0 Å². The first-order valence-corrected chi connectivity index (χ1v) is 11.6. The number of hydrogen-bond donors (Lipinski definition) is 1. The van der Waals surface area contributed by atoms with E-state index in [2.05, 4.69) is 27.5 Å². The molecule has 0 unspecified atom stereocenters. The van der Waals surface area contributed by atoms with Gasteiger partial charge in [0.1, 0.15) is 5.82 Å². The van der Waals surface area contributed by atoms with Gasteiger partial charge in [0.15, 0.2) is 5.65 Å². The third-order valence-corrected chi connectivity index (χ3v) is 7.24. The van der Waals surface area contributed by atoms with Crippen molar-refractivity contribution in [1.29, 1.82) is 0 Å². The lowest BCUT2D eigenvalue weighted by molar-refractivity contribution is 0.592. The molecule has 1 N–H and O–H groups in total. The Bertz CT molecular complexity index is 1590. The van der Waals surface area contributed by atoms with Gasteiger partial charge >= 0.3 is 0 Å². The molecule has 2 heterocycles. The largest absolute Gasteiger partial charge is 0.340 e. The van der Waals surface area contributed by atoms with Crippen molar-refractivity contribution in [1.82, 2.24) is 19.8 Å². The van der Waals surface area contributed by atoms with Gasteiger partial charge in [-0.2, -0.15) is 4.52 Å². The summed E-state index contributed by atoms with van der Waals surface area (Å²) < 4.78 is 28.1. The molecule has 160 valence electrons. The summed E-state index contributed by atoms with van der Waals surface area (Å²) >= 11 is 0. The number of para-hydroxylation sites is 1. The summed E-state index contributed by atoms with van der Waals surface area (Å²) in [7, 11) is -3.89. The number of nitrogens with one attached hydrogen (secondary N) is 1. The standard InChI is InChI=1S/C24H21N5O2S/c1-15-8-12-19(13-9-15)32(30,31)24-23-26-22(25-18-11-10-16(2)17(3)14-18)20-6-4-5-7-21(20)29(23)28-27-24/h4-14H,1-3H3,(H,25,26). The Labute approximate surface area is 185 Å². The number of rotatable bonds is 4. The molecule has 0 bridgehead atoms. The van der Waals surface area contributed by atoms with Gasteiger partial charge in [-0.05, 0) is 68.3 Å². The Morgan fingerprint density at radius 3 is 2.38 bits per heavy atom. The van der Waals surface area contributed by atoms with Gasteiger partial charge in [0.2, 0.25) is 14.9 Å². The minimum absolute atomic E-state index is 0.157. The molecule has 32 heavy (non-hydrogen) atoms. The summed E-state index contributed by atoms with van der Waals surface area (Å²) in [4.78, 5) is 4.82. The van der Waals surface area contributed by atoms with Crippen LogP contribution in [-0.4, -0.2) is 28.2 Å². The van der Waals surface area contributed by atoms with Crippen molar-refractivity contribution >= 4 is 37.9 Å². The first-order valence-electron chi connectivity index (χ1n) is 10.1. The molecule has 0 saturated carbocycles. The molecule has 5 aromatic rings. The molecule has 3 aromatic carbocycles. The van der Waals surface area contributed by atoms with Gasteiger partial charge in [-0.15, -0.1) is 5.10 Å². The van der Waals surface area contributed by atoms with Crippen molar-refractivity contribution in [3.63, 3.8) is 0 Å². The quantitative estimate of drug-likeness (QED) is 0.430. The van der Waals surface area contributed by atoms with Crippen LogP contribution in [0.25, 0.3) is 16.6 Å². The van der Waals surface area contributed by atoms with Crippen LogP contribution in [0.2, 0.25) is 0 Å². The Balaban J connectivity index is 1.72. The predicted octanol–water partition coefficient (Wildman–Crippen LogP) is 4.78. The second kappa shape index (κ2) is 7.42. The zero-order valence-electron chi connectivity index (χ0n) is 17.9. The van der Waals surface area contributed by atoms with Crippen molar-refractivity contribution in [3.05, 3.63) is 83.4 Å². The molecule has 8 heteroatoms. The number of sulfone groups is 1. The number of fused-ring (bicyclic) bond motifs is 3. The lowest BCUT2D eigenvalue weighted by atomic mass is 10.1. The first-order chi connectivity index (χ1) is 15.3. The molecule has 7 nitrogen and oxygen atoms in total. The van der Waals surface area contributed by atoms with Crippen molar-refractivity contribution in [3.8, 4) is 0 Å². The van der Waals surface area contributed by atoms with Crippen LogP contribution in [0, 0.1) is 20.8 Å². The van der Waals surface area contributed by atoms with Gasteiger partial charge in [0.05, 0.1) is 10.4 Å². The molecule has 0 saturated heterocycles. The number of anilines is 2. The minimum Gasteiger partial charge on any atom is -0.340 e. The van der Waals surface area contributed by atoms with E-state index in [0.29, 0.717) is 11.3 Å². The molecule has 0 aliphatic carbocycles. The third kappa shape index (κ3) is 3.29. The fourth-order valence-electron chi connectivity index (χ4n) is 3.60. The van der Waals surface area contributed by atoms with E-state index in [4.69, 9.17) is 0 Å². The van der Waals surface area contributed by atoms with E-state index in [1.807, 2.05) is 56.3 Å². The van der Waals surface area contributed by atoms with Crippen LogP contribution >= 0.6 is 0 Å². The average molecular weight is 444 g/mol. The number of nitrogens with zero attached hydrogens (tertiary/aromatic N) is 4. The topological polar surface area (TPSA) is 89.2 Å². The number of hydrogen-bond acceptors (Lipinski definition) is 6. The molecule has 2 aromatic heterocycles. The van der Waals surface area contributed by atoms with E-state index >= 15 is 0 Å². The molecule has 0 atom stereocenters. The zero-order chi connectivity index (χ0) is 22.5. The fraction of sp³-hybridized carbons (Fsp3) is 0.125. The second-order valence-electron chi connectivity index (χ2n) is 7.85. The maximum atomic E-state index is 13.3. The fourth-order valence-corrected chi connectivity index (χ4v) is 4.83. The third-order valence-electron chi connectivity index (χ3n) is 5.58. The van der Waals surface area contributed by atoms with Gasteiger partial charge in [-0.1, -0.05) is 41.1 Å². The van der Waals surface area contributed by atoms with Crippen LogP contribution in [0.4, 0.5) is 11.5 Å². The Morgan fingerprint density at radius 1 is 0.875 bits per heavy atom. The maximum Gasteiger partial charge on any atom is 0.229 e. The highest BCUT2D eigenvalue weighted by molar-refractivity contribution is 7.91. The normalized spacial score (nSPS) is 11.8. The summed E-state index contributed by atoms with van der Waals surface area (Å²) in [5, 5.41) is 12.1. The zero-order valence-corrected chi connectivity index (χ0v) is 18.7. The van der Waals surface area contributed by atoms with Crippen LogP contribution in [-0.2, 0) is 9.84 Å². The molecule has 0 spiro atoms. The molecule has 0 amide bonds. The van der Waals surface area contributed by atoms with Crippen LogP contribution in [0.3, 0.4) is 0 Å². The lowest BCUT2D eigenvalue weighted by Gasteiger charge is -2.12. The molecular formula is C24H21N5O2S. The molecule has 0 aliphatic heterocycles. The number of aromatic nitrogens is 4. The van der Waals surface area contributed by atoms with Crippen molar-refractivity contribution < 1.29 is 8.42 Å². The molecule has 0 aliphatic rings. The monoisotopic (exact) mass is 443 g/mol. The predicted molar refractivity (Wildman–Crippen MR) is 124 cm³/mol. The van der Waals surface area contributed by atoms with Gasteiger partial charge in [0, 0.05) is 11.1 Å². The summed E-state index contributed by atoms with van der Waals surface area (Å²) in [6, 6.07) is 20.3. The molecule has 5 rings (SSSR count). The Kier molecular flexibility index (Phi) is 4.67. The first kappa shape index (κ1) is 20.1. The molecule has 0 radical (unpaired) electrons. The number of benzene rings is 3. The average Bonchev–Trinajstić information content (AvgIpc) is 3.22. The molecular weight excluding hydrogens is 422 g/mol. The van der Waals surface area contributed by atoms with E-state index < -0.39 is 9.84 Å². The Morgan fingerprint density at radius 2 is 1.62 bits per heavy atom. The number of aryl methyl sites for hydroxylation is 3. The summed E-state index contributed by atoms with van der Waals surface area (Å²) in [6.45, 7) is 6.00. The second-order valence-corrected chi connectivity index (χ2v) is 9.71. The highest BCUT2D eigenvalue weighted by Gasteiger charge is 2.27. The van der Waals surface area contributed by atoms with Crippen LogP contribution in [0.1, 0.15) is 16.7 Å². The smallest absolute Gasteiger partial charge is 0.229 e. The van der Waals surface area contributed by atoms with E-state index in [0.717, 1.165) is 22.2 Å². The molecule has 0 fully saturated rings. The van der Waals surface area contributed by atoms with Gasteiger partial charge < -0.3 is 5.32 Å². The van der Waals surface area contributed by atoms with Crippen LogP contribution < -0.4 is 5.32 Å². The van der Waals surface area contributed by atoms with E-state index in [9.17, 15) is 8.42 Å². The van der Waals surface area contributed by atoms with Gasteiger partial charge in [-0.3, -0.25) is 0 Å². The Hall–Kier alpha value is -3.78. The van der Waals surface area contributed by atoms with Gasteiger partial charge in [-0.25, -0.2) is 13.4 Å². The minimum atomic E-state index is -3.89. The summed E-state index contributed by atoms with van der Waals surface area (Å²) in [5.41, 5.74) is 5.06. The maximum absolute atomic E-state index is 13.3. The lowest BCUT2D eigenvalue weighted by Crippen LogP contribution is -2.06. The van der Waals surface area contributed by atoms with Crippen LogP contribution in [0.15, 0.2) is 76.7 Å². The van der Waals surface area contributed by atoms with Crippen molar-refractivity contribution in [2.75, 3.05) is 5.32 Å². The van der Waals surface area contributed by atoms with Crippen molar-refractivity contribution in [2.45, 2.75) is 30.7 Å². The van der Waals surface area contributed by atoms with E-state index in [-0.39, 0.29) is 15.6 Å². The highest BCUT2D eigenvalue weighted by Crippen LogP contribution is 2.30. The van der Waals surface area contributed by atoms with Crippen molar-refractivity contribution in [2.24, 2.45) is 0 Å².